The van der Waals surface area contributed by atoms with Crippen molar-refractivity contribution in [1.29, 1.82) is 0 Å². The maximum atomic E-state index is 12.3. The molecule has 1 aliphatic rings. The van der Waals surface area contributed by atoms with Gasteiger partial charge in [-0.3, -0.25) is 4.79 Å². The third kappa shape index (κ3) is 3.45. The second-order valence-electron chi connectivity index (χ2n) is 6.51. The Morgan fingerprint density at radius 3 is 2.54 bits per heavy atom. The largest absolute Gasteiger partial charge is 0.452 e. The van der Waals surface area contributed by atoms with Gasteiger partial charge in [0, 0.05) is 29.7 Å². The molecule has 3 rings (SSSR count). The molecule has 1 saturated heterocycles. The Morgan fingerprint density at radius 1 is 1.12 bits per heavy atom. The van der Waals surface area contributed by atoms with E-state index in [1.165, 1.54) is 12.8 Å². The van der Waals surface area contributed by atoms with Crippen LogP contribution in [0.15, 0.2) is 18.2 Å². The van der Waals surface area contributed by atoms with E-state index in [2.05, 4.69) is 4.98 Å². The maximum Gasteiger partial charge on any atom is 0.338 e. The van der Waals surface area contributed by atoms with Crippen molar-refractivity contribution in [1.82, 2.24) is 9.88 Å². The third-order valence-electron chi connectivity index (χ3n) is 4.83. The highest BCUT2D eigenvalue weighted by molar-refractivity contribution is 5.96. The predicted molar refractivity (Wildman–Crippen MR) is 93.1 cm³/mol. The lowest BCUT2D eigenvalue weighted by molar-refractivity contribution is -0.134. The molecule has 128 valence electrons. The molecule has 0 atom stereocenters. The topological polar surface area (TPSA) is 62.4 Å². The number of benzene rings is 1. The van der Waals surface area contributed by atoms with Crippen LogP contribution < -0.4 is 0 Å². The molecule has 24 heavy (non-hydrogen) atoms. The number of aromatic nitrogens is 1. The van der Waals surface area contributed by atoms with Crippen molar-refractivity contribution in [2.24, 2.45) is 0 Å². The van der Waals surface area contributed by atoms with E-state index in [-0.39, 0.29) is 12.5 Å². The van der Waals surface area contributed by atoms with Crippen LogP contribution >= 0.6 is 0 Å². The van der Waals surface area contributed by atoms with Gasteiger partial charge in [-0.05, 0) is 50.5 Å². The van der Waals surface area contributed by atoms with E-state index < -0.39 is 5.97 Å². The van der Waals surface area contributed by atoms with E-state index in [1.54, 1.807) is 6.07 Å². The molecule has 1 N–H and O–H groups in total. The van der Waals surface area contributed by atoms with Crippen LogP contribution in [0, 0.1) is 13.8 Å². The monoisotopic (exact) mass is 328 g/mol. The summed E-state index contributed by atoms with van der Waals surface area (Å²) in [6, 6.07) is 5.44. The minimum absolute atomic E-state index is 0.0972. The Labute approximate surface area is 142 Å². The van der Waals surface area contributed by atoms with Crippen molar-refractivity contribution >= 4 is 22.8 Å². The summed E-state index contributed by atoms with van der Waals surface area (Å²) < 4.78 is 5.24. The molecule has 1 aromatic carbocycles. The Kier molecular flexibility index (Phi) is 4.88. The molecule has 0 radical (unpaired) electrons. The fourth-order valence-corrected chi connectivity index (χ4v) is 3.21. The molecule has 1 amide bonds. The van der Waals surface area contributed by atoms with Crippen molar-refractivity contribution in [2.75, 3.05) is 19.7 Å². The highest BCUT2D eigenvalue weighted by atomic mass is 16.5. The first-order valence-electron chi connectivity index (χ1n) is 8.60. The number of esters is 1. The molecule has 1 aromatic heterocycles. The lowest BCUT2D eigenvalue weighted by Gasteiger charge is -2.19. The van der Waals surface area contributed by atoms with Gasteiger partial charge in [0.15, 0.2) is 6.61 Å². The number of hydrogen-bond donors (Lipinski definition) is 1. The van der Waals surface area contributed by atoms with Gasteiger partial charge in [-0.2, -0.15) is 0 Å². The van der Waals surface area contributed by atoms with Crippen LogP contribution in [0.3, 0.4) is 0 Å². The van der Waals surface area contributed by atoms with E-state index in [9.17, 15) is 9.59 Å². The number of hydrogen-bond acceptors (Lipinski definition) is 3. The number of rotatable bonds is 3. The summed E-state index contributed by atoms with van der Waals surface area (Å²) in [6.07, 6.45) is 4.39. The molecular weight excluding hydrogens is 304 g/mol. The molecule has 2 heterocycles. The molecular formula is C19H24N2O3. The minimum atomic E-state index is -0.446. The standard InChI is InChI=1S/C19H24N2O3/c1-13-14(2)20-17-8-7-15(11-16(13)17)19(23)24-12-18(22)21-9-5-3-4-6-10-21/h7-8,11,20H,3-6,9-10,12H2,1-2H3. The van der Waals surface area contributed by atoms with Crippen molar-refractivity contribution in [3.8, 4) is 0 Å². The first kappa shape index (κ1) is 16.6. The summed E-state index contributed by atoms with van der Waals surface area (Å²) in [6.45, 7) is 5.38. The van der Waals surface area contributed by atoms with Gasteiger partial charge in [0.2, 0.25) is 0 Å². The van der Waals surface area contributed by atoms with Crippen LogP contribution in [0.25, 0.3) is 10.9 Å². The third-order valence-corrected chi connectivity index (χ3v) is 4.83. The highest BCUT2D eigenvalue weighted by Gasteiger charge is 2.18. The van der Waals surface area contributed by atoms with Crippen LogP contribution in [-0.4, -0.2) is 41.5 Å². The minimum Gasteiger partial charge on any atom is -0.452 e. The summed E-state index contributed by atoms with van der Waals surface area (Å²) in [5, 5.41) is 1.01. The fraction of sp³-hybridized carbons (Fsp3) is 0.474. The van der Waals surface area contributed by atoms with E-state index in [0.29, 0.717) is 5.56 Å². The van der Waals surface area contributed by atoms with Crippen LogP contribution in [0.2, 0.25) is 0 Å². The summed E-state index contributed by atoms with van der Waals surface area (Å²) in [4.78, 5) is 29.5. The number of amides is 1. The fourth-order valence-electron chi connectivity index (χ4n) is 3.21. The van der Waals surface area contributed by atoms with Gasteiger partial charge in [0.25, 0.3) is 5.91 Å². The zero-order valence-corrected chi connectivity index (χ0v) is 14.4. The van der Waals surface area contributed by atoms with Gasteiger partial charge in [-0.1, -0.05) is 12.8 Å². The number of likely N-dealkylation sites (tertiary alicyclic amines) is 1. The number of nitrogens with one attached hydrogen (secondary N) is 1. The Bertz CT molecular complexity index is 755. The van der Waals surface area contributed by atoms with Gasteiger partial charge in [0.1, 0.15) is 0 Å². The van der Waals surface area contributed by atoms with E-state index in [4.69, 9.17) is 4.74 Å². The van der Waals surface area contributed by atoms with Gasteiger partial charge >= 0.3 is 5.97 Å². The smallest absolute Gasteiger partial charge is 0.338 e. The van der Waals surface area contributed by atoms with Gasteiger partial charge in [0.05, 0.1) is 5.56 Å². The summed E-state index contributed by atoms with van der Waals surface area (Å²) >= 11 is 0. The molecule has 0 aliphatic carbocycles. The Balaban J connectivity index is 1.64. The normalized spacial score (nSPS) is 15.3. The molecule has 1 fully saturated rings. The number of aryl methyl sites for hydroxylation is 2. The quantitative estimate of drug-likeness (QED) is 0.879. The first-order valence-corrected chi connectivity index (χ1v) is 8.60. The average molecular weight is 328 g/mol. The van der Waals surface area contributed by atoms with Crippen LogP contribution in [-0.2, 0) is 9.53 Å². The van der Waals surface area contributed by atoms with Crippen molar-refractivity contribution in [3.05, 3.63) is 35.0 Å². The van der Waals surface area contributed by atoms with E-state index in [1.807, 2.05) is 30.9 Å². The molecule has 0 spiro atoms. The highest BCUT2D eigenvalue weighted by Crippen LogP contribution is 2.22. The molecule has 1 aliphatic heterocycles. The molecule has 5 nitrogen and oxygen atoms in total. The number of H-pyrrole nitrogens is 1. The van der Waals surface area contributed by atoms with Gasteiger partial charge in [-0.15, -0.1) is 0 Å². The van der Waals surface area contributed by atoms with Crippen LogP contribution in [0.1, 0.15) is 47.3 Å². The Hall–Kier alpha value is -2.30. The number of carbonyl (C=O) groups is 2. The summed E-state index contributed by atoms with van der Waals surface area (Å²) in [5.74, 6) is -0.543. The summed E-state index contributed by atoms with van der Waals surface area (Å²) in [7, 11) is 0. The Morgan fingerprint density at radius 2 is 1.83 bits per heavy atom. The number of fused-ring (bicyclic) bond motifs is 1. The zero-order chi connectivity index (χ0) is 17.1. The average Bonchev–Trinajstić information content (AvgIpc) is 2.78. The second-order valence-corrected chi connectivity index (χ2v) is 6.51. The van der Waals surface area contributed by atoms with Gasteiger partial charge < -0.3 is 14.6 Å². The first-order chi connectivity index (χ1) is 11.6. The second kappa shape index (κ2) is 7.07. The SMILES string of the molecule is Cc1[nH]c2ccc(C(=O)OCC(=O)N3CCCCCC3)cc2c1C. The molecule has 5 heteroatoms. The molecule has 2 aromatic rings. The molecule has 0 saturated carbocycles. The van der Waals surface area contributed by atoms with E-state index >= 15 is 0 Å². The lowest BCUT2D eigenvalue weighted by Crippen LogP contribution is -2.35. The van der Waals surface area contributed by atoms with Crippen LogP contribution in [0.5, 0.6) is 0 Å². The van der Waals surface area contributed by atoms with Crippen molar-refractivity contribution < 1.29 is 14.3 Å². The molecule has 0 bridgehead atoms. The number of nitrogens with zero attached hydrogens (tertiary/aromatic N) is 1. The van der Waals surface area contributed by atoms with E-state index in [0.717, 1.165) is 48.1 Å². The maximum absolute atomic E-state index is 12.3. The van der Waals surface area contributed by atoms with Gasteiger partial charge in [-0.25, -0.2) is 4.79 Å². The lowest BCUT2D eigenvalue weighted by atomic mass is 10.1. The van der Waals surface area contributed by atoms with Crippen molar-refractivity contribution in [3.63, 3.8) is 0 Å². The summed E-state index contributed by atoms with van der Waals surface area (Å²) in [5.41, 5.74) is 3.70. The number of aromatic amines is 1. The number of ether oxygens (including phenoxy) is 1. The van der Waals surface area contributed by atoms with Crippen LogP contribution in [0.4, 0.5) is 0 Å². The molecule has 0 unspecified atom stereocenters. The zero-order valence-electron chi connectivity index (χ0n) is 14.4. The predicted octanol–water partition coefficient (Wildman–Crippen LogP) is 3.34. The number of carbonyl (C=O) groups excluding carboxylic acids is 2. The van der Waals surface area contributed by atoms with Crippen molar-refractivity contribution in [2.45, 2.75) is 39.5 Å².